The Morgan fingerprint density at radius 2 is 1.89 bits per heavy atom. The molecule has 0 aliphatic carbocycles. The van der Waals surface area contributed by atoms with Gasteiger partial charge in [-0.15, -0.1) is 11.3 Å². The largest absolute Gasteiger partial charge is 0.416 e. The first-order valence-electron chi connectivity index (χ1n) is 5.05. The van der Waals surface area contributed by atoms with Crippen molar-refractivity contribution in [2.24, 2.45) is 5.73 Å². The number of hydrogen-bond acceptors (Lipinski definition) is 2. The predicted molar refractivity (Wildman–Crippen MR) is 61.8 cm³/mol. The van der Waals surface area contributed by atoms with Crippen LogP contribution in [0.25, 0.3) is 0 Å². The summed E-state index contributed by atoms with van der Waals surface area (Å²) in [5, 5.41) is 1.73. The number of hydrogen-bond donors (Lipinski definition) is 1. The maximum Gasteiger partial charge on any atom is 0.416 e. The van der Waals surface area contributed by atoms with E-state index in [0.717, 1.165) is 12.1 Å². The van der Waals surface area contributed by atoms with Crippen LogP contribution in [0.3, 0.4) is 0 Å². The maximum absolute atomic E-state index is 12.9. The maximum atomic E-state index is 12.9. The Balaban J connectivity index is 2.51. The zero-order chi connectivity index (χ0) is 13.3. The second-order valence-corrected chi connectivity index (χ2v) is 4.70. The second kappa shape index (κ2) is 4.70. The fourth-order valence-corrected chi connectivity index (χ4v) is 2.41. The third-order valence-electron chi connectivity index (χ3n) is 2.51. The summed E-state index contributed by atoms with van der Waals surface area (Å²) in [5.74, 6) is -0.926. The molecular weight excluding hydrogens is 266 g/mol. The number of alkyl halides is 3. The van der Waals surface area contributed by atoms with E-state index in [1.54, 1.807) is 17.5 Å². The van der Waals surface area contributed by atoms with Crippen LogP contribution in [0, 0.1) is 5.82 Å². The molecule has 0 spiro atoms. The summed E-state index contributed by atoms with van der Waals surface area (Å²) in [6.45, 7) is 0. The van der Waals surface area contributed by atoms with Gasteiger partial charge in [-0.2, -0.15) is 13.2 Å². The van der Waals surface area contributed by atoms with Crippen molar-refractivity contribution in [2.45, 2.75) is 12.2 Å². The predicted octanol–water partition coefficient (Wildman–Crippen LogP) is 3.95. The first-order chi connectivity index (χ1) is 8.39. The van der Waals surface area contributed by atoms with Crippen LogP contribution in [0.1, 0.15) is 22.0 Å². The van der Waals surface area contributed by atoms with Gasteiger partial charge in [-0.3, -0.25) is 0 Å². The summed E-state index contributed by atoms with van der Waals surface area (Å²) in [4.78, 5) is 0.604. The van der Waals surface area contributed by atoms with E-state index >= 15 is 0 Å². The Hall–Kier alpha value is -1.40. The lowest BCUT2D eigenvalue weighted by Crippen LogP contribution is -2.18. The molecule has 2 N–H and O–H groups in total. The van der Waals surface area contributed by atoms with Crippen molar-refractivity contribution >= 4 is 11.3 Å². The van der Waals surface area contributed by atoms with Gasteiger partial charge in [-0.05, 0) is 29.1 Å². The van der Waals surface area contributed by atoms with E-state index in [1.807, 2.05) is 0 Å². The smallest absolute Gasteiger partial charge is 0.320 e. The Kier molecular flexibility index (Phi) is 3.41. The fourth-order valence-electron chi connectivity index (χ4n) is 1.67. The number of thiophene rings is 1. The van der Waals surface area contributed by atoms with Gasteiger partial charge in [0.2, 0.25) is 0 Å². The summed E-state index contributed by atoms with van der Waals surface area (Å²) in [6, 6.07) is 5.00. The molecule has 0 saturated heterocycles. The van der Waals surface area contributed by atoms with Crippen molar-refractivity contribution in [3.05, 3.63) is 57.5 Å². The molecule has 1 nitrogen and oxygen atoms in total. The van der Waals surface area contributed by atoms with Gasteiger partial charge in [-0.25, -0.2) is 4.39 Å². The molecular formula is C12H9F4NS. The zero-order valence-electron chi connectivity index (χ0n) is 9.04. The minimum atomic E-state index is -4.62. The van der Waals surface area contributed by atoms with Crippen molar-refractivity contribution in [3.8, 4) is 0 Å². The van der Waals surface area contributed by atoms with E-state index in [9.17, 15) is 17.6 Å². The van der Waals surface area contributed by atoms with E-state index in [-0.39, 0.29) is 5.56 Å². The quantitative estimate of drug-likeness (QED) is 0.825. The van der Waals surface area contributed by atoms with Gasteiger partial charge >= 0.3 is 6.18 Å². The molecule has 0 fully saturated rings. The molecule has 1 heterocycles. The van der Waals surface area contributed by atoms with E-state index in [2.05, 4.69) is 0 Å². The van der Waals surface area contributed by atoms with Crippen molar-refractivity contribution < 1.29 is 17.6 Å². The highest BCUT2D eigenvalue weighted by Gasteiger charge is 2.35. The molecule has 0 amide bonds. The molecule has 96 valence electrons. The normalized spacial score (nSPS) is 13.6. The van der Waals surface area contributed by atoms with Crippen LogP contribution in [-0.2, 0) is 6.18 Å². The SMILES string of the molecule is N[C@@H](c1cccs1)c1ccc(F)cc1C(F)(F)F. The molecule has 0 aliphatic rings. The van der Waals surface area contributed by atoms with Gasteiger partial charge in [0.05, 0.1) is 11.6 Å². The molecule has 2 aromatic rings. The Labute approximate surface area is 105 Å². The van der Waals surface area contributed by atoms with Crippen LogP contribution in [0.4, 0.5) is 17.6 Å². The van der Waals surface area contributed by atoms with E-state index in [0.29, 0.717) is 10.9 Å². The number of rotatable bonds is 2. The van der Waals surface area contributed by atoms with Crippen LogP contribution in [-0.4, -0.2) is 0 Å². The molecule has 0 unspecified atom stereocenters. The van der Waals surface area contributed by atoms with Crippen LogP contribution in [0.15, 0.2) is 35.7 Å². The van der Waals surface area contributed by atoms with E-state index in [1.165, 1.54) is 11.3 Å². The average Bonchev–Trinajstić information content (AvgIpc) is 2.80. The van der Waals surface area contributed by atoms with Gasteiger partial charge in [-0.1, -0.05) is 12.1 Å². The van der Waals surface area contributed by atoms with Gasteiger partial charge in [0.15, 0.2) is 0 Å². The van der Waals surface area contributed by atoms with Crippen molar-refractivity contribution in [2.75, 3.05) is 0 Å². The van der Waals surface area contributed by atoms with E-state index < -0.39 is 23.6 Å². The Morgan fingerprint density at radius 3 is 2.44 bits per heavy atom. The number of halogens is 4. The first-order valence-corrected chi connectivity index (χ1v) is 5.93. The van der Waals surface area contributed by atoms with Crippen LogP contribution >= 0.6 is 11.3 Å². The topological polar surface area (TPSA) is 26.0 Å². The molecule has 2 rings (SSSR count). The third-order valence-corrected chi connectivity index (χ3v) is 3.46. The molecule has 6 heteroatoms. The molecule has 0 aliphatic heterocycles. The van der Waals surface area contributed by atoms with E-state index in [4.69, 9.17) is 5.73 Å². The Morgan fingerprint density at radius 1 is 1.17 bits per heavy atom. The van der Waals surface area contributed by atoms with Crippen molar-refractivity contribution in [1.82, 2.24) is 0 Å². The van der Waals surface area contributed by atoms with Crippen molar-refractivity contribution in [3.63, 3.8) is 0 Å². The summed E-state index contributed by atoms with van der Waals surface area (Å²) in [6.07, 6.45) is -4.62. The zero-order valence-corrected chi connectivity index (χ0v) is 9.86. The third kappa shape index (κ3) is 2.54. The average molecular weight is 275 g/mol. The van der Waals surface area contributed by atoms with Crippen LogP contribution < -0.4 is 5.73 Å². The van der Waals surface area contributed by atoms with Gasteiger partial charge in [0.1, 0.15) is 5.82 Å². The van der Waals surface area contributed by atoms with Gasteiger partial charge in [0, 0.05) is 4.88 Å². The standard InChI is InChI=1S/C12H9F4NS/c13-7-3-4-8(9(6-7)12(14,15)16)11(17)10-2-1-5-18-10/h1-6,11H,17H2/t11-/m1/s1. The van der Waals surface area contributed by atoms with Crippen LogP contribution in [0.5, 0.6) is 0 Å². The van der Waals surface area contributed by atoms with Gasteiger partial charge in [0.25, 0.3) is 0 Å². The lowest BCUT2D eigenvalue weighted by Gasteiger charge is -2.17. The Bertz CT molecular complexity index is 534. The molecule has 0 saturated carbocycles. The van der Waals surface area contributed by atoms with Gasteiger partial charge < -0.3 is 5.73 Å². The molecule has 0 bridgehead atoms. The molecule has 1 aromatic carbocycles. The minimum Gasteiger partial charge on any atom is -0.320 e. The first kappa shape index (κ1) is 13.0. The molecule has 1 aromatic heterocycles. The van der Waals surface area contributed by atoms with Crippen LogP contribution in [0.2, 0.25) is 0 Å². The minimum absolute atomic E-state index is 0.119. The summed E-state index contributed by atoms with van der Waals surface area (Å²) in [5.41, 5.74) is 4.65. The lowest BCUT2D eigenvalue weighted by molar-refractivity contribution is -0.138. The molecule has 1 atom stereocenters. The second-order valence-electron chi connectivity index (χ2n) is 3.72. The highest BCUT2D eigenvalue weighted by molar-refractivity contribution is 7.10. The number of benzene rings is 1. The monoisotopic (exact) mass is 275 g/mol. The highest BCUT2D eigenvalue weighted by Crippen LogP contribution is 2.36. The highest BCUT2D eigenvalue weighted by atomic mass is 32.1. The number of nitrogens with two attached hydrogens (primary N) is 1. The fraction of sp³-hybridized carbons (Fsp3) is 0.167. The molecule has 0 radical (unpaired) electrons. The van der Waals surface area contributed by atoms with Crippen molar-refractivity contribution in [1.29, 1.82) is 0 Å². The molecule has 18 heavy (non-hydrogen) atoms. The summed E-state index contributed by atoms with van der Waals surface area (Å²) in [7, 11) is 0. The summed E-state index contributed by atoms with van der Waals surface area (Å²) < 4.78 is 51.4. The summed E-state index contributed by atoms with van der Waals surface area (Å²) >= 11 is 1.26. The lowest BCUT2D eigenvalue weighted by atomic mass is 9.99.